The van der Waals surface area contributed by atoms with Gasteiger partial charge in [-0.05, 0) is 30.7 Å². The topological polar surface area (TPSA) is 55.8 Å². The molecule has 0 radical (unpaired) electrons. The molecule has 0 unspecified atom stereocenters. The summed E-state index contributed by atoms with van der Waals surface area (Å²) in [5.41, 5.74) is 1.33. The maximum absolute atomic E-state index is 12.3. The maximum Gasteiger partial charge on any atom is 0.216 e. The molecule has 1 fully saturated rings. The Morgan fingerprint density at radius 1 is 1.09 bits per heavy atom. The average Bonchev–Trinajstić information content (AvgIpc) is 2.56. The fraction of sp³-hybridized carbons (Fsp3) is 0.647. The average molecular weight is 341 g/mol. The van der Waals surface area contributed by atoms with Crippen molar-refractivity contribution >= 4 is 10.0 Å². The van der Waals surface area contributed by atoms with Crippen LogP contribution in [0.1, 0.15) is 18.4 Å². The molecule has 1 aromatic rings. The van der Waals surface area contributed by atoms with E-state index in [4.69, 9.17) is 9.47 Å². The summed E-state index contributed by atoms with van der Waals surface area (Å²) >= 11 is 0. The van der Waals surface area contributed by atoms with Gasteiger partial charge in [0, 0.05) is 20.2 Å². The van der Waals surface area contributed by atoms with E-state index in [0.717, 1.165) is 19.3 Å². The second-order valence-electron chi connectivity index (χ2n) is 5.95. The minimum atomic E-state index is -3.20. The van der Waals surface area contributed by atoms with Gasteiger partial charge in [-0.2, -0.15) is 0 Å². The van der Waals surface area contributed by atoms with Crippen LogP contribution in [0.25, 0.3) is 0 Å². The molecule has 23 heavy (non-hydrogen) atoms. The number of hydrogen-bond acceptors (Lipinski definition) is 4. The molecule has 0 spiro atoms. The summed E-state index contributed by atoms with van der Waals surface area (Å²) < 4.78 is 36.4. The number of nitrogens with zero attached hydrogens (tertiary/aromatic N) is 1. The molecule has 0 amide bonds. The lowest BCUT2D eigenvalue weighted by Crippen LogP contribution is -2.40. The summed E-state index contributed by atoms with van der Waals surface area (Å²) in [6, 6.07) is 10.4. The van der Waals surface area contributed by atoms with Crippen LogP contribution >= 0.6 is 0 Å². The van der Waals surface area contributed by atoms with Crippen molar-refractivity contribution in [2.45, 2.75) is 19.3 Å². The van der Waals surface area contributed by atoms with Crippen molar-refractivity contribution in [2.24, 2.45) is 5.92 Å². The van der Waals surface area contributed by atoms with Crippen molar-refractivity contribution in [1.29, 1.82) is 0 Å². The minimum Gasteiger partial charge on any atom is -0.382 e. The summed E-state index contributed by atoms with van der Waals surface area (Å²) in [6.07, 6.45) is 2.90. The van der Waals surface area contributed by atoms with Crippen molar-refractivity contribution in [3.8, 4) is 0 Å². The highest BCUT2D eigenvalue weighted by Crippen LogP contribution is 2.23. The predicted molar refractivity (Wildman–Crippen MR) is 90.9 cm³/mol. The van der Waals surface area contributed by atoms with E-state index in [0.29, 0.717) is 32.2 Å². The van der Waals surface area contributed by atoms with Crippen LogP contribution < -0.4 is 0 Å². The lowest BCUT2D eigenvalue weighted by Gasteiger charge is -2.31. The second kappa shape index (κ2) is 9.37. The minimum absolute atomic E-state index is 0.0556. The zero-order chi connectivity index (χ0) is 16.5. The van der Waals surface area contributed by atoms with Gasteiger partial charge in [-0.15, -0.1) is 0 Å². The fourth-order valence-electron chi connectivity index (χ4n) is 2.88. The summed E-state index contributed by atoms with van der Waals surface area (Å²) in [5.74, 6) is 0.627. The molecule has 0 bridgehead atoms. The molecule has 0 N–H and O–H groups in total. The van der Waals surface area contributed by atoms with Gasteiger partial charge in [0.1, 0.15) is 0 Å². The summed E-state index contributed by atoms with van der Waals surface area (Å²) in [5, 5.41) is 0. The van der Waals surface area contributed by atoms with Crippen molar-refractivity contribution in [3.05, 3.63) is 35.9 Å². The highest BCUT2D eigenvalue weighted by molar-refractivity contribution is 7.89. The number of benzene rings is 1. The summed E-state index contributed by atoms with van der Waals surface area (Å²) in [4.78, 5) is 0. The van der Waals surface area contributed by atoms with Gasteiger partial charge in [0.25, 0.3) is 0 Å². The first-order valence-electron chi connectivity index (χ1n) is 8.20. The highest BCUT2D eigenvalue weighted by Gasteiger charge is 2.27. The molecule has 0 aromatic heterocycles. The van der Waals surface area contributed by atoms with Crippen LogP contribution in [0, 0.1) is 5.92 Å². The van der Waals surface area contributed by atoms with Crippen molar-refractivity contribution in [1.82, 2.24) is 4.31 Å². The molecule has 6 heteroatoms. The Hall–Kier alpha value is -0.950. The molecule has 2 rings (SSSR count). The predicted octanol–water partition coefficient (Wildman–Crippen LogP) is 1.93. The van der Waals surface area contributed by atoms with Crippen molar-refractivity contribution < 1.29 is 17.9 Å². The zero-order valence-corrected chi connectivity index (χ0v) is 14.6. The van der Waals surface area contributed by atoms with Gasteiger partial charge in [-0.1, -0.05) is 30.3 Å². The van der Waals surface area contributed by atoms with E-state index in [1.165, 1.54) is 5.56 Å². The van der Waals surface area contributed by atoms with E-state index in [2.05, 4.69) is 24.3 Å². The number of hydrogen-bond donors (Lipinski definition) is 0. The molecule has 0 saturated carbocycles. The number of ether oxygens (including phenoxy) is 2. The first-order valence-corrected chi connectivity index (χ1v) is 9.81. The van der Waals surface area contributed by atoms with E-state index >= 15 is 0 Å². The second-order valence-corrected chi connectivity index (χ2v) is 8.04. The van der Waals surface area contributed by atoms with Gasteiger partial charge in [0.05, 0.1) is 25.6 Å². The Morgan fingerprint density at radius 3 is 2.43 bits per heavy atom. The fourth-order valence-corrected chi connectivity index (χ4v) is 4.23. The Bertz CT molecular complexity index is 539. The van der Waals surface area contributed by atoms with Crippen molar-refractivity contribution in [2.75, 3.05) is 45.8 Å². The molecule has 1 saturated heterocycles. The van der Waals surface area contributed by atoms with E-state index < -0.39 is 10.0 Å². The Morgan fingerprint density at radius 2 is 1.78 bits per heavy atom. The molecule has 0 atom stereocenters. The molecule has 0 aliphatic carbocycles. The number of piperidine rings is 1. The van der Waals surface area contributed by atoms with Gasteiger partial charge < -0.3 is 9.47 Å². The van der Waals surface area contributed by atoms with Crippen LogP contribution in [-0.2, 0) is 25.9 Å². The van der Waals surface area contributed by atoms with E-state index in [9.17, 15) is 8.42 Å². The van der Waals surface area contributed by atoms with Crippen LogP contribution in [0.3, 0.4) is 0 Å². The zero-order valence-electron chi connectivity index (χ0n) is 13.8. The van der Waals surface area contributed by atoms with E-state index in [1.54, 1.807) is 11.4 Å². The van der Waals surface area contributed by atoms with Crippen LogP contribution in [-0.4, -0.2) is 58.5 Å². The van der Waals surface area contributed by atoms with Gasteiger partial charge in [0.15, 0.2) is 0 Å². The number of methoxy groups -OCH3 is 1. The molecule has 130 valence electrons. The largest absolute Gasteiger partial charge is 0.382 e. The quantitative estimate of drug-likeness (QED) is 0.644. The molecule has 1 heterocycles. The first kappa shape index (κ1) is 18.4. The summed E-state index contributed by atoms with van der Waals surface area (Å²) in [6.45, 7) is 2.40. The SMILES string of the molecule is COCCOCCS(=O)(=O)N1CCC(Cc2ccccc2)CC1. The first-order chi connectivity index (χ1) is 11.1. The Kier molecular flexibility index (Phi) is 7.49. The third kappa shape index (κ3) is 6.22. The standard InChI is InChI=1S/C17H27NO4S/c1-21-11-12-22-13-14-23(19,20)18-9-7-17(8-10-18)15-16-5-3-2-4-6-16/h2-6,17H,7-15H2,1H3. The third-order valence-corrected chi connectivity index (χ3v) is 6.09. The van der Waals surface area contributed by atoms with Crippen LogP contribution in [0.15, 0.2) is 30.3 Å². The van der Waals surface area contributed by atoms with E-state index in [-0.39, 0.29) is 12.4 Å². The Labute approximate surface area is 139 Å². The number of rotatable bonds is 9. The van der Waals surface area contributed by atoms with Gasteiger partial charge in [0.2, 0.25) is 10.0 Å². The Balaban J connectivity index is 1.72. The monoisotopic (exact) mass is 341 g/mol. The molecule has 1 aromatic carbocycles. The molecule has 1 aliphatic heterocycles. The number of sulfonamides is 1. The van der Waals surface area contributed by atoms with Crippen molar-refractivity contribution in [3.63, 3.8) is 0 Å². The third-order valence-electron chi connectivity index (χ3n) is 4.25. The lowest BCUT2D eigenvalue weighted by molar-refractivity contribution is 0.0780. The molecule has 5 nitrogen and oxygen atoms in total. The van der Waals surface area contributed by atoms with Crippen LogP contribution in [0.4, 0.5) is 0 Å². The van der Waals surface area contributed by atoms with Gasteiger partial charge in [-0.3, -0.25) is 0 Å². The maximum atomic E-state index is 12.3. The summed E-state index contributed by atoms with van der Waals surface area (Å²) in [7, 11) is -1.60. The molecule has 1 aliphatic rings. The smallest absolute Gasteiger partial charge is 0.216 e. The van der Waals surface area contributed by atoms with Gasteiger partial charge in [-0.25, -0.2) is 12.7 Å². The normalized spacial score (nSPS) is 17.4. The van der Waals surface area contributed by atoms with Crippen LogP contribution in [0.5, 0.6) is 0 Å². The molecular formula is C17H27NO4S. The molecular weight excluding hydrogens is 314 g/mol. The van der Waals surface area contributed by atoms with E-state index in [1.807, 2.05) is 6.07 Å². The van der Waals surface area contributed by atoms with Crippen LogP contribution in [0.2, 0.25) is 0 Å². The highest BCUT2D eigenvalue weighted by atomic mass is 32.2. The van der Waals surface area contributed by atoms with Gasteiger partial charge >= 0.3 is 0 Å². The lowest BCUT2D eigenvalue weighted by atomic mass is 9.91.